The van der Waals surface area contributed by atoms with Crippen molar-refractivity contribution in [3.05, 3.63) is 53.1 Å². The van der Waals surface area contributed by atoms with Crippen LogP contribution in [0.3, 0.4) is 0 Å². The van der Waals surface area contributed by atoms with Crippen LogP contribution in [-0.4, -0.2) is 30.7 Å². The first kappa shape index (κ1) is 17.9. The lowest BCUT2D eigenvalue weighted by Gasteiger charge is -2.10. The lowest BCUT2D eigenvalue weighted by molar-refractivity contribution is 0.104. The molecule has 26 heavy (non-hydrogen) atoms. The van der Waals surface area contributed by atoms with E-state index in [-0.39, 0.29) is 23.4 Å². The number of benzene rings is 2. The van der Waals surface area contributed by atoms with Crippen molar-refractivity contribution in [2.75, 3.05) is 13.7 Å². The Morgan fingerprint density at radius 1 is 1.31 bits per heavy atom. The third-order valence-electron chi connectivity index (χ3n) is 4.21. The fourth-order valence-electron chi connectivity index (χ4n) is 2.96. The standard InChI is InChI=1S/C21H22O5/c1-4-25-19-12-16-9-13(2)26-20(16)11-15(19)6-7-17(22)14-5-8-18(23)21(10-14)24-3/h5-8,10-13,23H,4,9H2,1-3H3/b7-6+/t13-/m0/s1. The minimum atomic E-state index is -0.194. The summed E-state index contributed by atoms with van der Waals surface area (Å²) in [7, 11) is 1.44. The van der Waals surface area contributed by atoms with Crippen LogP contribution in [-0.2, 0) is 6.42 Å². The van der Waals surface area contributed by atoms with Crippen molar-refractivity contribution in [3.8, 4) is 23.0 Å². The lowest BCUT2D eigenvalue weighted by atomic mass is 10.0. The Morgan fingerprint density at radius 2 is 2.12 bits per heavy atom. The van der Waals surface area contributed by atoms with Crippen LogP contribution in [0, 0.1) is 0 Å². The number of phenolic OH excluding ortho intramolecular Hbond substituents is 1. The molecule has 3 rings (SSSR count). The smallest absolute Gasteiger partial charge is 0.185 e. The summed E-state index contributed by atoms with van der Waals surface area (Å²) in [6, 6.07) is 8.40. The number of ketones is 1. The second kappa shape index (κ2) is 7.52. The Balaban J connectivity index is 1.88. The zero-order valence-electron chi connectivity index (χ0n) is 15.1. The van der Waals surface area contributed by atoms with Crippen molar-refractivity contribution in [2.45, 2.75) is 26.4 Å². The van der Waals surface area contributed by atoms with Gasteiger partial charge in [0.05, 0.1) is 13.7 Å². The van der Waals surface area contributed by atoms with E-state index in [2.05, 4.69) is 0 Å². The molecule has 0 saturated heterocycles. The molecule has 0 radical (unpaired) electrons. The molecule has 0 spiro atoms. The zero-order chi connectivity index (χ0) is 18.7. The minimum absolute atomic E-state index is 0.00319. The van der Waals surface area contributed by atoms with Crippen LogP contribution < -0.4 is 14.2 Å². The van der Waals surface area contributed by atoms with E-state index in [1.165, 1.54) is 25.3 Å². The molecule has 1 aliphatic heterocycles. The highest BCUT2D eigenvalue weighted by atomic mass is 16.5. The molecule has 1 N–H and O–H groups in total. The normalized spacial score (nSPS) is 15.6. The van der Waals surface area contributed by atoms with Crippen molar-refractivity contribution in [1.82, 2.24) is 0 Å². The van der Waals surface area contributed by atoms with Gasteiger partial charge in [0.1, 0.15) is 17.6 Å². The maximum absolute atomic E-state index is 12.5. The molecule has 5 heteroatoms. The molecule has 0 fully saturated rings. The van der Waals surface area contributed by atoms with Crippen molar-refractivity contribution in [3.63, 3.8) is 0 Å². The number of hydrogen-bond donors (Lipinski definition) is 1. The molecule has 0 aromatic heterocycles. The summed E-state index contributed by atoms with van der Waals surface area (Å²) < 4.78 is 16.6. The van der Waals surface area contributed by atoms with Gasteiger partial charge in [0.2, 0.25) is 0 Å². The summed E-state index contributed by atoms with van der Waals surface area (Å²) in [6.07, 6.45) is 4.20. The third kappa shape index (κ3) is 3.67. The second-order valence-electron chi connectivity index (χ2n) is 6.15. The summed E-state index contributed by atoms with van der Waals surface area (Å²) in [6.45, 7) is 4.49. The average Bonchev–Trinajstić information content (AvgIpc) is 2.99. The van der Waals surface area contributed by atoms with Gasteiger partial charge in [0.25, 0.3) is 0 Å². The van der Waals surface area contributed by atoms with Crippen LogP contribution >= 0.6 is 0 Å². The molecule has 0 amide bonds. The Hall–Kier alpha value is -2.95. The van der Waals surface area contributed by atoms with Crippen LogP contribution in [0.15, 0.2) is 36.4 Å². The molecular formula is C21H22O5. The van der Waals surface area contributed by atoms with Crippen LogP contribution in [0.4, 0.5) is 0 Å². The molecular weight excluding hydrogens is 332 g/mol. The number of hydrogen-bond acceptors (Lipinski definition) is 5. The molecule has 0 bridgehead atoms. The topological polar surface area (TPSA) is 65.0 Å². The molecule has 1 aliphatic rings. The van der Waals surface area contributed by atoms with E-state index in [1.807, 2.05) is 26.0 Å². The van der Waals surface area contributed by atoms with E-state index in [4.69, 9.17) is 14.2 Å². The van der Waals surface area contributed by atoms with E-state index < -0.39 is 0 Å². The molecule has 2 aromatic rings. The van der Waals surface area contributed by atoms with Crippen LogP contribution in [0.2, 0.25) is 0 Å². The number of methoxy groups -OCH3 is 1. The number of aromatic hydroxyl groups is 1. The van der Waals surface area contributed by atoms with Crippen LogP contribution in [0.1, 0.15) is 35.3 Å². The van der Waals surface area contributed by atoms with E-state index in [9.17, 15) is 9.90 Å². The number of rotatable bonds is 6. The van der Waals surface area contributed by atoms with E-state index in [0.717, 1.165) is 29.0 Å². The number of carbonyl (C=O) groups is 1. The molecule has 0 saturated carbocycles. The highest BCUT2D eigenvalue weighted by Crippen LogP contribution is 2.36. The van der Waals surface area contributed by atoms with Gasteiger partial charge in [-0.25, -0.2) is 0 Å². The van der Waals surface area contributed by atoms with Gasteiger partial charge in [-0.3, -0.25) is 4.79 Å². The third-order valence-corrected chi connectivity index (χ3v) is 4.21. The summed E-state index contributed by atoms with van der Waals surface area (Å²) in [5, 5.41) is 9.65. The largest absolute Gasteiger partial charge is 0.504 e. The Morgan fingerprint density at radius 3 is 2.85 bits per heavy atom. The Bertz CT molecular complexity index is 854. The van der Waals surface area contributed by atoms with E-state index >= 15 is 0 Å². The first-order valence-corrected chi connectivity index (χ1v) is 8.57. The van der Waals surface area contributed by atoms with Gasteiger partial charge in [-0.1, -0.05) is 0 Å². The molecule has 1 atom stereocenters. The van der Waals surface area contributed by atoms with Gasteiger partial charge in [-0.2, -0.15) is 0 Å². The van der Waals surface area contributed by atoms with Crippen molar-refractivity contribution < 1.29 is 24.1 Å². The predicted octanol–water partition coefficient (Wildman–Crippen LogP) is 4.02. The fourth-order valence-corrected chi connectivity index (χ4v) is 2.96. The fraction of sp³-hybridized carbons (Fsp3) is 0.286. The van der Waals surface area contributed by atoms with Crippen LogP contribution in [0.25, 0.3) is 6.08 Å². The van der Waals surface area contributed by atoms with Gasteiger partial charge in [-0.15, -0.1) is 0 Å². The average molecular weight is 354 g/mol. The molecule has 5 nitrogen and oxygen atoms in total. The summed E-state index contributed by atoms with van der Waals surface area (Å²) >= 11 is 0. The summed E-state index contributed by atoms with van der Waals surface area (Å²) in [4.78, 5) is 12.5. The highest BCUT2D eigenvalue weighted by molar-refractivity contribution is 6.07. The molecule has 0 aliphatic carbocycles. The maximum Gasteiger partial charge on any atom is 0.185 e. The van der Waals surface area contributed by atoms with Gasteiger partial charge in [0.15, 0.2) is 17.3 Å². The number of ether oxygens (including phenoxy) is 3. The van der Waals surface area contributed by atoms with Crippen molar-refractivity contribution >= 4 is 11.9 Å². The second-order valence-corrected chi connectivity index (χ2v) is 6.15. The number of fused-ring (bicyclic) bond motifs is 1. The van der Waals surface area contributed by atoms with Gasteiger partial charge >= 0.3 is 0 Å². The number of phenols is 1. The zero-order valence-corrected chi connectivity index (χ0v) is 15.1. The first-order chi connectivity index (χ1) is 12.5. The predicted molar refractivity (Wildman–Crippen MR) is 99.4 cm³/mol. The molecule has 136 valence electrons. The van der Waals surface area contributed by atoms with Gasteiger partial charge < -0.3 is 19.3 Å². The quantitative estimate of drug-likeness (QED) is 0.627. The van der Waals surface area contributed by atoms with Gasteiger partial charge in [-0.05, 0) is 56.3 Å². The van der Waals surface area contributed by atoms with E-state index in [1.54, 1.807) is 12.1 Å². The molecule has 1 heterocycles. The minimum Gasteiger partial charge on any atom is -0.504 e. The van der Waals surface area contributed by atoms with Crippen LogP contribution in [0.5, 0.6) is 23.0 Å². The SMILES string of the molecule is CCOc1cc2c(cc1/C=C/C(=O)c1ccc(O)c(OC)c1)O[C@@H](C)C2. The number of carbonyl (C=O) groups excluding carboxylic acids is 1. The van der Waals surface area contributed by atoms with Gasteiger partial charge in [0, 0.05) is 23.1 Å². The highest BCUT2D eigenvalue weighted by Gasteiger charge is 2.21. The lowest BCUT2D eigenvalue weighted by Crippen LogP contribution is -2.05. The van der Waals surface area contributed by atoms with E-state index in [0.29, 0.717) is 12.2 Å². The maximum atomic E-state index is 12.5. The number of allylic oxidation sites excluding steroid dienone is 1. The molecule has 0 unspecified atom stereocenters. The summed E-state index contributed by atoms with van der Waals surface area (Å²) in [5.74, 6) is 1.63. The van der Waals surface area contributed by atoms with Crippen molar-refractivity contribution in [1.29, 1.82) is 0 Å². The Labute approximate surface area is 152 Å². The monoisotopic (exact) mass is 354 g/mol. The van der Waals surface area contributed by atoms with Crippen molar-refractivity contribution in [2.24, 2.45) is 0 Å². The summed E-state index contributed by atoms with van der Waals surface area (Å²) in [5.41, 5.74) is 2.34. The first-order valence-electron chi connectivity index (χ1n) is 8.57. The Kier molecular flexibility index (Phi) is 5.16. The molecule has 2 aromatic carbocycles.